The van der Waals surface area contributed by atoms with Crippen LogP contribution in [0, 0.1) is 5.92 Å². The quantitative estimate of drug-likeness (QED) is 0.868. The zero-order valence-corrected chi connectivity index (χ0v) is 14.4. The van der Waals surface area contributed by atoms with Gasteiger partial charge >= 0.3 is 12.1 Å². The van der Waals surface area contributed by atoms with E-state index in [1.165, 1.54) is 11.0 Å². The van der Waals surface area contributed by atoms with E-state index in [2.05, 4.69) is 0 Å². The normalized spacial score (nSPS) is 17.0. The van der Waals surface area contributed by atoms with Crippen LogP contribution in [-0.4, -0.2) is 36.7 Å². The minimum Gasteiger partial charge on any atom is -0.482 e. The van der Waals surface area contributed by atoms with Crippen LogP contribution in [0.4, 0.5) is 30.2 Å². The number of alkyl halides is 3. The molecule has 0 bridgehead atoms. The molecule has 146 valence electrons. The highest BCUT2D eigenvalue weighted by Gasteiger charge is 2.35. The summed E-state index contributed by atoms with van der Waals surface area (Å²) in [5.74, 6) is -1.72. The van der Waals surface area contributed by atoms with Gasteiger partial charge in [0.15, 0.2) is 6.61 Å². The number of carboxylic acid groups (broad SMARTS) is 1. The summed E-state index contributed by atoms with van der Waals surface area (Å²) in [5.41, 5.74) is 0.594. The Kier molecular flexibility index (Phi) is 4.17. The molecule has 2 heterocycles. The van der Waals surface area contributed by atoms with Crippen molar-refractivity contribution < 1.29 is 32.6 Å². The van der Waals surface area contributed by atoms with E-state index >= 15 is 0 Å². The number of carboxylic acids is 1. The lowest BCUT2D eigenvalue weighted by atomic mass is 9.99. The van der Waals surface area contributed by atoms with E-state index in [9.17, 15) is 22.8 Å². The molecule has 2 aromatic rings. The minimum absolute atomic E-state index is 0.0188. The molecule has 0 aromatic heterocycles. The Morgan fingerprint density at radius 2 is 1.82 bits per heavy atom. The highest BCUT2D eigenvalue weighted by Crippen LogP contribution is 2.42. The van der Waals surface area contributed by atoms with Gasteiger partial charge in [-0.05, 0) is 36.4 Å². The smallest absolute Gasteiger partial charge is 0.416 e. The first-order valence-corrected chi connectivity index (χ1v) is 8.49. The minimum atomic E-state index is -4.51. The number of hydrogen-bond acceptors (Lipinski definition) is 4. The number of rotatable bonds is 3. The van der Waals surface area contributed by atoms with Crippen LogP contribution in [0.1, 0.15) is 5.56 Å². The number of halogens is 3. The van der Waals surface area contributed by atoms with Gasteiger partial charge in [0, 0.05) is 18.8 Å². The van der Waals surface area contributed by atoms with Crippen molar-refractivity contribution in [1.29, 1.82) is 0 Å². The number of carbonyl (C=O) groups excluding carboxylic acids is 1. The fourth-order valence-corrected chi connectivity index (χ4v) is 3.29. The third kappa shape index (κ3) is 3.12. The lowest BCUT2D eigenvalue weighted by Gasteiger charge is -2.39. The summed E-state index contributed by atoms with van der Waals surface area (Å²) in [6, 6.07) is 9.89. The van der Waals surface area contributed by atoms with Crippen molar-refractivity contribution in [2.45, 2.75) is 6.18 Å². The summed E-state index contributed by atoms with van der Waals surface area (Å²) < 4.78 is 44.0. The molecule has 1 amide bonds. The van der Waals surface area contributed by atoms with Crippen LogP contribution < -0.4 is 14.5 Å². The van der Waals surface area contributed by atoms with Crippen LogP contribution in [0.3, 0.4) is 0 Å². The van der Waals surface area contributed by atoms with Crippen LogP contribution in [-0.2, 0) is 15.8 Å². The Morgan fingerprint density at radius 1 is 1.11 bits per heavy atom. The van der Waals surface area contributed by atoms with Crippen LogP contribution >= 0.6 is 0 Å². The largest absolute Gasteiger partial charge is 0.482 e. The Morgan fingerprint density at radius 3 is 2.50 bits per heavy atom. The van der Waals surface area contributed by atoms with Gasteiger partial charge in [0.2, 0.25) is 0 Å². The summed E-state index contributed by atoms with van der Waals surface area (Å²) in [4.78, 5) is 26.6. The van der Waals surface area contributed by atoms with Gasteiger partial charge in [0.25, 0.3) is 5.91 Å². The Balaban J connectivity index is 1.66. The number of hydrogen-bond donors (Lipinski definition) is 1. The molecule has 2 aromatic carbocycles. The fraction of sp³-hybridized carbons (Fsp3) is 0.263. The molecule has 2 aliphatic rings. The topological polar surface area (TPSA) is 70.1 Å². The second-order valence-corrected chi connectivity index (χ2v) is 6.66. The predicted molar refractivity (Wildman–Crippen MR) is 93.9 cm³/mol. The highest BCUT2D eigenvalue weighted by atomic mass is 19.4. The van der Waals surface area contributed by atoms with Gasteiger partial charge in [-0.2, -0.15) is 13.2 Å². The Bertz CT molecular complexity index is 954. The molecule has 4 rings (SSSR count). The number of nitrogens with zero attached hydrogens (tertiary/aromatic N) is 2. The maximum Gasteiger partial charge on any atom is 0.416 e. The molecular formula is C19H15F3N2O4. The zero-order chi connectivity index (χ0) is 20.1. The molecule has 6 nitrogen and oxygen atoms in total. The van der Waals surface area contributed by atoms with Crippen molar-refractivity contribution in [2.24, 2.45) is 5.92 Å². The summed E-state index contributed by atoms with van der Waals surface area (Å²) in [7, 11) is 0. The number of amides is 1. The first kappa shape index (κ1) is 18.1. The van der Waals surface area contributed by atoms with E-state index < -0.39 is 29.5 Å². The number of anilines is 3. The van der Waals surface area contributed by atoms with E-state index in [0.29, 0.717) is 18.8 Å². The molecule has 1 saturated heterocycles. The molecule has 1 N–H and O–H groups in total. The van der Waals surface area contributed by atoms with Crippen LogP contribution in [0.25, 0.3) is 0 Å². The third-order valence-electron chi connectivity index (χ3n) is 4.81. The molecular weight excluding hydrogens is 377 g/mol. The van der Waals surface area contributed by atoms with Crippen molar-refractivity contribution in [1.82, 2.24) is 0 Å². The third-order valence-corrected chi connectivity index (χ3v) is 4.81. The van der Waals surface area contributed by atoms with Gasteiger partial charge in [0.1, 0.15) is 5.75 Å². The average molecular weight is 392 g/mol. The van der Waals surface area contributed by atoms with Crippen LogP contribution in [0.15, 0.2) is 42.5 Å². The van der Waals surface area contributed by atoms with Gasteiger partial charge in [0.05, 0.1) is 22.9 Å². The zero-order valence-electron chi connectivity index (χ0n) is 14.4. The van der Waals surface area contributed by atoms with E-state index in [0.717, 1.165) is 17.8 Å². The number of ether oxygens (including phenoxy) is 1. The lowest BCUT2D eigenvalue weighted by molar-refractivity contribution is -0.142. The number of benzene rings is 2. The van der Waals surface area contributed by atoms with Crippen LogP contribution in [0.5, 0.6) is 5.75 Å². The molecule has 0 atom stereocenters. The molecule has 0 spiro atoms. The standard InChI is InChI=1S/C19H15F3N2O4/c20-19(21,22)12-4-5-15-16(6-12)28-10-17(25)24(15)14-3-1-2-13(7-14)23-8-11(9-23)18(26)27/h1-7,11H,8-10H2,(H,26,27). The van der Waals surface area contributed by atoms with Gasteiger partial charge in [-0.3, -0.25) is 14.5 Å². The molecule has 1 fully saturated rings. The van der Waals surface area contributed by atoms with Crippen molar-refractivity contribution in [3.8, 4) is 5.75 Å². The summed E-state index contributed by atoms with van der Waals surface area (Å²) in [6.45, 7) is 0.353. The summed E-state index contributed by atoms with van der Waals surface area (Å²) in [5, 5.41) is 9.01. The van der Waals surface area contributed by atoms with Gasteiger partial charge in [-0.25, -0.2) is 0 Å². The lowest BCUT2D eigenvalue weighted by Crippen LogP contribution is -2.50. The van der Waals surface area contributed by atoms with Crippen LogP contribution in [0.2, 0.25) is 0 Å². The fourth-order valence-electron chi connectivity index (χ4n) is 3.29. The summed E-state index contributed by atoms with van der Waals surface area (Å²) in [6.07, 6.45) is -4.51. The van der Waals surface area contributed by atoms with Gasteiger partial charge < -0.3 is 14.7 Å². The Hall–Kier alpha value is -3.23. The summed E-state index contributed by atoms with van der Waals surface area (Å²) >= 11 is 0. The van der Waals surface area contributed by atoms with Gasteiger partial charge in [-0.1, -0.05) is 6.07 Å². The molecule has 28 heavy (non-hydrogen) atoms. The molecule has 0 unspecified atom stereocenters. The molecule has 9 heteroatoms. The maximum atomic E-state index is 12.9. The van der Waals surface area contributed by atoms with E-state index in [-0.39, 0.29) is 18.0 Å². The number of fused-ring (bicyclic) bond motifs is 1. The van der Waals surface area contributed by atoms with E-state index in [1.807, 2.05) is 4.90 Å². The van der Waals surface area contributed by atoms with Crippen molar-refractivity contribution >= 4 is 28.9 Å². The predicted octanol–water partition coefficient (Wildman–Crippen LogP) is 3.28. The van der Waals surface area contributed by atoms with Gasteiger partial charge in [-0.15, -0.1) is 0 Å². The second kappa shape index (κ2) is 6.43. The first-order chi connectivity index (χ1) is 13.2. The monoisotopic (exact) mass is 392 g/mol. The highest BCUT2D eigenvalue weighted by molar-refractivity contribution is 6.04. The second-order valence-electron chi connectivity index (χ2n) is 6.66. The molecule has 0 aliphatic carbocycles. The van der Waals surface area contributed by atoms with Crippen molar-refractivity contribution in [3.63, 3.8) is 0 Å². The number of aliphatic carboxylic acids is 1. The molecule has 0 saturated carbocycles. The maximum absolute atomic E-state index is 12.9. The van der Waals surface area contributed by atoms with Crippen molar-refractivity contribution in [2.75, 3.05) is 29.5 Å². The number of carbonyl (C=O) groups is 2. The first-order valence-electron chi connectivity index (χ1n) is 8.49. The molecule has 0 radical (unpaired) electrons. The SMILES string of the molecule is O=C(O)C1CN(c2cccc(N3C(=O)COc4cc(C(F)(F)F)ccc43)c2)C1. The van der Waals surface area contributed by atoms with Crippen molar-refractivity contribution in [3.05, 3.63) is 48.0 Å². The molecule has 2 aliphatic heterocycles. The average Bonchev–Trinajstić information content (AvgIpc) is 2.59. The van der Waals surface area contributed by atoms with E-state index in [4.69, 9.17) is 9.84 Å². The van der Waals surface area contributed by atoms with E-state index in [1.54, 1.807) is 24.3 Å². The Labute approximate surface area is 157 Å².